The van der Waals surface area contributed by atoms with Crippen molar-refractivity contribution < 1.29 is 9.84 Å². The van der Waals surface area contributed by atoms with Crippen molar-refractivity contribution in [1.82, 2.24) is 0 Å². The van der Waals surface area contributed by atoms with E-state index in [2.05, 4.69) is 6.58 Å². The molecule has 13 heavy (non-hydrogen) atoms. The fourth-order valence-electron chi connectivity index (χ4n) is 1.67. The summed E-state index contributed by atoms with van der Waals surface area (Å²) in [5.74, 6) is 0. The third-order valence-corrected chi connectivity index (χ3v) is 2.28. The number of ether oxygens (including phenoxy) is 1. The normalized spacial score (nSPS) is 25.6. The summed E-state index contributed by atoms with van der Waals surface area (Å²) in [5.41, 5.74) is 1.96. The quantitative estimate of drug-likeness (QED) is 0.701. The molecule has 1 unspecified atom stereocenters. The maximum atomic E-state index is 9.52. The zero-order chi connectivity index (χ0) is 9.26. The van der Waals surface area contributed by atoms with E-state index in [9.17, 15) is 5.11 Å². The van der Waals surface area contributed by atoms with Gasteiger partial charge in [0, 0.05) is 5.56 Å². The number of benzene rings is 1. The lowest BCUT2D eigenvalue weighted by molar-refractivity contribution is -0.119. The molecule has 0 radical (unpaired) electrons. The number of aliphatic hydroxyl groups excluding tert-OH is 1. The molecule has 1 aromatic rings. The van der Waals surface area contributed by atoms with E-state index in [1.165, 1.54) is 0 Å². The second-order valence-corrected chi connectivity index (χ2v) is 3.13. The molecule has 2 atom stereocenters. The largest absolute Gasteiger partial charge is 0.364 e. The topological polar surface area (TPSA) is 29.5 Å². The van der Waals surface area contributed by atoms with Crippen molar-refractivity contribution in [1.29, 1.82) is 0 Å². The van der Waals surface area contributed by atoms with Crippen molar-refractivity contribution in [2.45, 2.75) is 18.8 Å². The lowest BCUT2D eigenvalue weighted by Gasteiger charge is -2.07. The van der Waals surface area contributed by atoms with Crippen LogP contribution in [0.4, 0.5) is 0 Å². The Bertz CT molecular complexity index is 320. The Morgan fingerprint density at radius 2 is 2.08 bits per heavy atom. The first kappa shape index (κ1) is 8.48. The van der Waals surface area contributed by atoms with Gasteiger partial charge in [0.15, 0.2) is 6.29 Å². The van der Waals surface area contributed by atoms with Gasteiger partial charge >= 0.3 is 0 Å². The second kappa shape index (κ2) is 3.32. The van der Waals surface area contributed by atoms with Gasteiger partial charge in [-0.25, -0.2) is 0 Å². The van der Waals surface area contributed by atoms with Gasteiger partial charge in [-0.15, -0.1) is 6.58 Å². The Balaban J connectivity index is 2.35. The fraction of sp³-hybridized carbons (Fsp3) is 0.273. The molecule has 2 heteroatoms. The van der Waals surface area contributed by atoms with E-state index in [-0.39, 0.29) is 6.10 Å². The summed E-state index contributed by atoms with van der Waals surface area (Å²) in [6.45, 7) is 3.66. The molecule has 0 saturated carbocycles. The highest BCUT2D eigenvalue weighted by molar-refractivity contribution is 5.33. The van der Waals surface area contributed by atoms with E-state index in [4.69, 9.17) is 4.74 Å². The minimum Gasteiger partial charge on any atom is -0.364 e. The molecule has 2 rings (SSSR count). The molecule has 0 amide bonds. The van der Waals surface area contributed by atoms with Gasteiger partial charge in [0.2, 0.25) is 0 Å². The molecule has 0 aliphatic carbocycles. The van der Waals surface area contributed by atoms with Gasteiger partial charge in [-0.05, 0) is 12.0 Å². The second-order valence-electron chi connectivity index (χ2n) is 3.13. The standard InChI is InChI=1S/C11H12O2/c1-2-5-10-8-6-3-4-7-9(8)11(12)13-10/h2-4,6-7,10-12H,1,5H2/t10-,11?/m1/s1. The van der Waals surface area contributed by atoms with Gasteiger partial charge < -0.3 is 9.84 Å². The number of rotatable bonds is 2. The van der Waals surface area contributed by atoms with Crippen LogP contribution in [0.5, 0.6) is 0 Å². The third kappa shape index (κ3) is 1.39. The Kier molecular flexibility index (Phi) is 2.17. The average molecular weight is 176 g/mol. The molecule has 0 saturated heterocycles. The summed E-state index contributed by atoms with van der Waals surface area (Å²) in [6.07, 6.45) is 1.76. The van der Waals surface area contributed by atoms with Crippen LogP contribution in [0.15, 0.2) is 36.9 Å². The summed E-state index contributed by atoms with van der Waals surface area (Å²) < 4.78 is 5.36. The molecule has 0 spiro atoms. The first-order valence-electron chi connectivity index (χ1n) is 4.36. The van der Waals surface area contributed by atoms with E-state index in [1.54, 1.807) is 6.08 Å². The predicted molar refractivity (Wildman–Crippen MR) is 50.0 cm³/mol. The lowest BCUT2D eigenvalue weighted by Crippen LogP contribution is -1.95. The van der Waals surface area contributed by atoms with Crippen LogP contribution in [-0.4, -0.2) is 5.11 Å². The van der Waals surface area contributed by atoms with Crippen LogP contribution >= 0.6 is 0 Å². The maximum Gasteiger partial charge on any atom is 0.182 e. The van der Waals surface area contributed by atoms with Gasteiger partial charge in [-0.1, -0.05) is 30.3 Å². The van der Waals surface area contributed by atoms with Crippen molar-refractivity contribution in [3.05, 3.63) is 48.0 Å². The molecular formula is C11H12O2. The number of aliphatic hydroxyl groups is 1. The molecule has 1 N–H and O–H groups in total. The van der Waals surface area contributed by atoms with Crippen LogP contribution in [0.25, 0.3) is 0 Å². The molecule has 1 aliphatic heterocycles. The van der Waals surface area contributed by atoms with Crippen molar-refractivity contribution in [3.8, 4) is 0 Å². The van der Waals surface area contributed by atoms with Crippen molar-refractivity contribution >= 4 is 0 Å². The minimum absolute atomic E-state index is 0.0244. The zero-order valence-electron chi connectivity index (χ0n) is 7.31. The van der Waals surface area contributed by atoms with Crippen LogP contribution in [0, 0.1) is 0 Å². The summed E-state index contributed by atoms with van der Waals surface area (Å²) in [5, 5.41) is 9.52. The molecule has 1 aliphatic rings. The van der Waals surface area contributed by atoms with Gasteiger partial charge in [0.05, 0.1) is 6.10 Å². The molecule has 1 aromatic carbocycles. The summed E-state index contributed by atoms with van der Waals surface area (Å²) in [4.78, 5) is 0. The third-order valence-electron chi connectivity index (χ3n) is 2.28. The Morgan fingerprint density at radius 3 is 2.77 bits per heavy atom. The Hall–Kier alpha value is -1.12. The van der Waals surface area contributed by atoms with Gasteiger partial charge in [-0.3, -0.25) is 0 Å². The van der Waals surface area contributed by atoms with E-state index in [0.717, 1.165) is 17.5 Å². The van der Waals surface area contributed by atoms with Crippen LogP contribution < -0.4 is 0 Å². The maximum absolute atomic E-state index is 9.52. The number of fused-ring (bicyclic) bond motifs is 1. The van der Waals surface area contributed by atoms with Crippen LogP contribution in [0.3, 0.4) is 0 Å². The van der Waals surface area contributed by atoms with E-state index >= 15 is 0 Å². The Morgan fingerprint density at radius 1 is 1.38 bits per heavy atom. The smallest absolute Gasteiger partial charge is 0.182 e. The van der Waals surface area contributed by atoms with Crippen molar-refractivity contribution in [2.75, 3.05) is 0 Å². The highest BCUT2D eigenvalue weighted by Gasteiger charge is 2.28. The number of hydrogen-bond donors (Lipinski definition) is 1. The molecule has 0 bridgehead atoms. The minimum atomic E-state index is -0.763. The van der Waals surface area contributed by atoms with Crippen LogP contribution in [0.1, 0.15) is 29.9 Å². The SMILES string of the molecule is C=CC[C@H]1OC(O)c2ccccc21. The fourth-order valence-corrected chi connectivity index (χ4v) is 1.67. The zero-order valence-corrected chi connectivity index (χ0v) is 7.31. The monoisotopic (exact) mass is 176 g/mol. The van der Waals surface area contributed by atoms with Crippen molar-refractivity contribution in [3.63, 3.8) is 0 Å². The first-order chi connectivity index (χ1) is 6.33. The average Bonchev–Trinajstić information content (AvgIpc) is 2.46. The van der Waals surface area contributed by atoms with E-state index in [0.29, 0.717) is 0 Å². The Labute approximate surface area is 77.5 Å². The summed E-state index contributed by atoms with van der Waals surface area (Å²) >= 11 is 0. The highest BCUT2D eigenvalue weighted by Crippen LogP contribution is 2.38. The van der Waals surface area contributed by atoms with E-state index in [1.807, 2.05) is 24.3 Å². The number of hydrogen-bond acceptors (Lipinski definition) is 2. The molecule has 2 nitrogen and oxygen atoms in total. The molecule has 68 valence electrons. The van der Waals surface area contributed by atoms with Crippen LogP contribution in [-0.2, 0) is 4.74 Å². The van der Waals surface area contributed by atoms with Crippen LogP contribution in [0.2, 0.25) is 0 Å². The predicted octanol–water partition coefficient (Wildman–Crippen LogP) is 2.32. The van der Waals surface area contributed by atoms with Crippen molar-refractivity contribution in [2.24, 2.45) is 0 Å². The van der Waals surface area contributed by atoms with Gasteiger partial charge in [0.25, 0.3) is 0 Å². The first-order valence-corrected chi connectivity index (χ1v) is 4.36. The van der Waals surface area contributed by atoms with E-state index < -0.39 is 6.29 Å². The summed E-state index contributed by atoms with van der Waals surface area (Å²) in [7, 11) is 0. The molecule has 0 aromatic heterocycles. The molecular weight excluding hydrogens is 164 g/mol. The highest BCUT2D eigenvalue weighted by atomic mass is 16.6. The molecule has 1 heterocycles. The van der Waals surface area contributed by atoms with Gasteiger partial charge in [-0.2, -0.15) is 0 Å². The summed E-state index contributed by atoms with van der Waals surface area (Å²) in [6, 6.07) is 7.74. The van der Waals surface area contributed by atoms with Gasteiger partial charge in [0.1, 0.15) is 0 Å². The molecule has 0 fully saturated rings. The lowest BCUT2D eigenvalue weighted by atomic mass is 10.0.